The molecule has 0 heterocycles. The Morgan fingerprint density at radius 2 is 1.34 bits per heavy atom. The summed E-state index contributed by atoms with van der Waals surface area (Å²) in [5, 5.41) is 32.5. The number of rotatable bonds is 9. The molecule has 0 fully saturated rings. The number of nitrogens with one attached hydrogen (secondary N) is 2. The van der Waals surface area contributed by atoms with Crippen molar-refractivity contribution >= 4 is 17.8 Å². The maximum absolute atomic E-state index is 12.1. The van der Waals surface area contributed by atoms with E-state index in [9.17, 15) is 29.7 Å². The molecule has 0 aromatic heterocycles. The Bertz CT molecular complexity index is 852. The Morgan fingerprint density at radius 3 is 1.83 bits per heavy atom. The molecular formula is C20H23N3O6. The van der Waals surface area contributed by atoms with E-state index in [4.69, 9.17) is 5.73 Å². The third-order valence-electron chi connectivity index (χ3n) is 4.16. The first-order valence-corrected chi connectivity index (χ1v) is 8.86. The van der Waals surface area contributed by atoms with E-state index in [1.54, 1.807) is 24.3 Å². The van der Waals surface area contributed by atoms with Crippen LogP contribution < -0.4 is 16.4 Å². The molecule has 0 radical (unpaired) electrons. The Kier molecular flexibility index (Phi) is 7.55. The van der Waals surface area contributed by atoms with Gasteiger partial charge in [-0.1, -0.05) is 24.3 Å². The zero-order valence-corrected chi connectivity index (χ0v) is 15.5. The molecule has 0 saturated carbocycles. The van der Waals surface area contributed by atoms with E-state index in [2.05, 4.69) is 10.6 Å². The SMILES string of the molecule is NC(Cc1ccc(O)cc1)C(=O)NCC(=O)NC(Cc1ccc(O)cc1)C(=O)O. The molecule has 2 aromatic rings. The summed E-state index contributed by atoms with van der Waals surface area (Å²) < 4.78 is 0. The molecule has 0 aliphatic carbocycles. The minimum absolute atomic E-state index is 0.0235. The summed E-state index contributed by atoms with van der Waals surface area (Å²) in [6.07, 6.45) is 0.238. The lowest BCUT2D eigenvalue weighted by atomic mass is 10.1. The van der Waals surface area contributed by atoms with E-state index >= 15 is 0 Å². The second-order valence-electron chi connectivity index (χ2n) is 6.52. The van der Waals surface area contributed by atoms with Gasteiger partial charge in [0.2, 0.25) is 11.8 Å². The molecule has 2 amide bonds. The second kappa shape index (κ2) is 10.1. The van der Waals surface area contributed by atoms with Gasteiger partial charge in [-0.3, -0.25) is 9.59 Å². The fourth-order valence-corrected chi connectivity index (χ4v) is 2.59. The van der Waals surface area contributed by atoms with Crippen molar-refractivity contribution in [3.63, 3.8) is 0 Å². The van der Waals surface area contributed by atoms with Gasteiger partial charge in [-0.25, -0.2) is 4.79 Å². The van der Waals surface area contributed by atoms with Gasteiger partial charge in [0.15, 0.2) is 0 Å². The third kappa shape index (κ3) is 7.15. The standard InChI is InChI=1S/C20H23N3O6/c21-16(9-12-1-5-14(24)6-2-12)19(27)22-11-18(26)23-17(20(28)29)10-13-3-7-15(25)8-4-13/h1-8,16-17,24-25H,9-11,21H2,(H,22,27)(H,23,26)(H,28,29). The Labute approximate surface area is 167 Å². The first-order chi connectivity index (χ1) is 13.7. The minimum atomic E-state index is -1.22. The van der Waals surface area contributed by atoms with Gasteiger partial charge in [-0.05, 0) is 41.8 Å². The number of hydrogen-bond donors (Lipinski definition) is 6. The van der Waals surface area contributed by atoms with Crippen LogP contribution in [0.2, 0.25) is 0 Å². The van der Waals surface area contributed by atoms with Crippen LogP contribution in [-0.4, -0.2) is 51.7 Å². The van der Waals surface area contributed by atoms with Crippen LogP contribution in [-0.2, 0) is 27.2 Å². The molecule has 29 heavy (non-hydrogen) atoms. The van der Waals surface area contributed by atoms with Crippen molar-refractivity contribution in [2.24, 2.45) is 5.73 Å². The van der Waals surface area contributed by atoms with E-state index < -0.39 is 36.4 Å². The number of carbonyl (C=O) groups excluding carboxylic acids is 2. The number of aromatic hydroxyl groups is 2. The summed E-state index contributed by atoms with van der Waals surface area (Å²) in [6, 6.07) is 10.1. The minimum Gasteiger partial charge on any atom is -0.508 e. The monoisotopic (exact) mass is 401 g/mol. The number of phenols is 2. The largest absolute Gasteiger partial charge is 0.508 e. The van der Waals surface area contributed by atoms with Crippen molar-refractivity contribution in [2.75, 3.05) is 6.54 Å². The van der Waals surface area contributed by atoms with Crippen molar-refractivity contribution in [3.8, 4) is 11.5 Å². The summed E-state index contributed by atoms with van der Waals surface area (Å²) in [6.45, 7) is -0.415. The third-order valence-corrected chi connectivity index (χ3v) is 4.16. The summed E-state index contributed by atoms with van der Waals surface area (Å²) in [5.41, 5.74) is 7.18. The molecule has 2 rings (SSSR count). The van der Waals surface area contributed by atoms with E-state index in [0.717, 1.165) is 5.56 Å². The van der Waals surface area contributed by atoms with Gasteiger partial charge in [0, 0.05) is 6.42 Å². The van der Waals surface area contributed by atoms with Crippen molar-refractivity contribution in [2.45, 2.75) is 24.9 Å². The highest BCUT2D eigenvalue weighted by Gasteiger charge is 2.21. The molecular weight excluding hydrogens is 378 g/mol. The summed E-state index contributed by atoms with van der Waals surface area (Å²) in [7, 11) is 0. The molecule has 9 heteroatoms. The molecule has 9 nitrogen and oxygen atoms in total. The van der Waals surface area contributed by atoms with Gasteiger partial charge in [-0.15, -0.1) is 0 Å². The molecule has 2 atom stereocenters. The molecule has 2 aromatic carbocycles. The Balaban J connectivity index is 1.82. The average Bonchev–Trinajstić information content (AvgIpc) is 2.68. The smallest absolute Gasteiger partial charge is 0.326 e. The lowest BCUT2D eigenvalue weighted by Gasteiger charge is -2.16. The summed E-state index contributed by atoms with van der Waals surface area (Å²) in [5.74, 6) is -2.29. The number of phenolic OH excluding ortho intramolecular Hbond substituents is 2. The van der Waals surface area contributed by atoms with Crippen LogP contribution in [0.15, 0.2) is 48.5 Å². The molecule has 7 N–H and O–H groups in total. The van der Waals surface area contributed by atoms with Crippen LogP contribution >= 0.6 is 0 Å². The van der Waals surface area contributed by atoms with Crippen LogP contribution in [0, 0.1) is 0 Å². The normalized spacial score (nSPS) is 12.6. The van der Waals surface area contributed by atoms with Gasteiger partial charge in [0.1, 0.15) is 17.5 Å². The highest BCUT2D eigenvalue weighted by atomic mass is 16.4. The van der Waals surface area contributed by atoms with Gasteiger partial charge < -0.3 is 31.7 Å². The van der Waals surface area contributed by atoms with Crippen LogP contribution in [0.1, 0.15) is 11.1 Å². The number of nitrogens with two attached hydrogens (primary N) is 1. The lowest BCUT2D eigenvalue weighted by molar-refractivity contribution is -0.141. The van der Waals surface area contributed by atoms with E-state index in [-0.39, 0.29) is 24.3 Å². The first kappa shape index (κ1) is 21.7. The average molecular weight is 401 g/mol. The molecule has 0 spiro atoms. The molecule has 2 unspecified atom stereocenters. The first-order valence-electron chi connectivity index (χ1n) is 8.86. The van der Waals surface area contributed by atoms with Gasteiger partial charge in [-0.2, -0.15) is 0 Å². The van der Waals surface area contributed by atoms with Crippen molar-refractivity contribution in [1.82, 2.24) is 10.6 Å². The maximum Gasteiger partial charge on any atom is 0.326 e. The number of aliphatic carboxylic acids is 1. The second-order valence-corrected chi connectivity index (χ2v) is 6.52. The zero-order chi connectivity index (χ0) is 21.4. The molecule has 0 aliphatic heterocycles. The van der Waals surface area contributed by atoms with Crippen molar-refractivity contribution < 1.29 is 29.7 Å². The fraction of sp³-hybridized carbons (Fsp3) is 0.250. The summed E-state index contributed by atoms with van der Waals surface area (Å²) in [4.78, 5) is 35.5. The van der Waals surface area contributed by atoms with Crippen molar-refractivity contribution in [3.05, 3.63) is 59.7 Å². The van der Waals surface area contributed by atoms with Crippen LogP contribution in [0.3, 0.4) is 0 Å². The zero-order valence-electron chi connectivity index (χ0n) is 15.5. The number of hydrogen-bond acceptors (Lipinski definition) is 6. The topological polar surface area (TPSA) is 162 Å². The van der Waals surface area contributed by atoms with Crippen LogP contribution in [0.25, 0.3) is 0 Å². The number of carboxylic acid groups (broad SMARTS) is 1. The highest BCUT2D eigenvalue weighted by molar-refractivity contribution is 5.89. The molecule has 154 valence electrons. The van der Waals surface area contributed by atoms with Gasteiger partial charge in [0.25, 0.3) is 0 Å². The van der Waals surface area contributed by atoms with E-state index in [1.165, 1.54) is 24.3 Å². The van der Waals surface area contributed by atoms with Gasteiger partial charge >= 0.3 is 5.97 Å². The predicted molar refractivity (Wildman–Crippen MR) is 104 cm³/mol. The predicted octanol–water partition coefficient (Wildman–Crippen LogP) is -0.104. The van der Waals surface area contributed by atoms with Gasteiger partial charge in [0.05, 0.1) is 12.6 Å². The highest BCUT2D eigenvalue weighted by Crippen LogP contribution is 2.12. The van der Waals surface area contributed by atoms with Crippen LogP contribution in [0.5, 0.6) is 11.5 Å². The van der Waals surface area contributed by atoms with E-state index in [1.807, 2.05) is 0 Å². The number of carboxylic acids is 1. The maximum atomic E-state index is 12.1. The van der Waals surface area contributed by atoms with E-state index in [0.29, 0.717) is 5.56 Å². The molecule has 0 aliphatic rings. The fourth-order valence-electron chi connectivity index (χ4n) is 2.59. The van der Waals surface area contributed by atoms with Crippen molar-refractivity contribution in [1.29, 1.82) is 0 Å². The number of benzene rings is 2. The lowest BCUT2D eigenvalue weighted by Crippen LogP contribution is -2.49. The molecule has 0 saturated heterocycles. The van der Waals surface area contributed by atoms with Crippen LogP contribution in [0.4, 0.5) is 0 Å². The number of amides is 2. The number of carbonyl (C=O) groups is 3. The molecule has 0 bridgehead atoms. The Morgan fingerprint density at radius 1 is 0.862 bits per heavy atom. The quantitative estimate of drug-likeness (QED) is 0.342. The Hall–Kier alpha value is -3.59. The summed E-state index contributed by atoms with van der Waals surface area (Å²) >= 11 is 0.